The summed E-state index contributed by atoms with van der Waals surface area (Å²) in [6.45, 7) is 12.3. The first-order valence-electron chi connectivity index (χ1n) is 9.99. The molecule has 4 heteroatoms. The average Bonchev–Trinajstić information content (AvgIpc) is 2.52. The quantitative estimate of drug-likeness (QED) is 0.816. The van der Waals surface area contributed by atoms with Crippen LogP contribution in [-0.2, 0) is 4.74 Å². The van der Waals surface area contributed by atoms with E-state index in [4.69, 9.17) is 4.74 Å². The number of carbonyl (C=O) groups excluding carboxylic acids is 1. The largest absolute Gasteiger partial charge is 0.444 e. The summed E-state index contributed by atoms with van der Waals surface area (Å²) >= 11 is 0. The molecular formula is C20H38N2O2. The molecule has 1 heterocycles. The molecule has 0 aromatic rings. The highest BCUT2D eigenvalue weighted by molar-refractivity contribution is 5.68. The molecule has 4 nitrogen and oxygen atoms in total. The van der Waals surface area contributed by atoms with Crippen LogP contribution in [0.4, 0.5) is 4.79 Å². The minimum atomic E-state index is -0.415. The summed E-state index contributed by atoms with van der Waals surface area (Å²) < 4.78 is 5.60. The smallest absolute Gasteiger partial charge is 0.410 e. The number of amides is 1. The first-order valence-corrected chi connectivity index (χ1v) is 9.99. The summed E-state index contributed by atoms with van der Waals surface area (Å²) in [5.41, 5.74) is -0.415. The fourth-order valence-corrected chi connectivity index (χ4v) is 4.07. The van der Waals surface area contributed by atoms with Gasteiger partial charge in [-0.05, 0) is 77.6 Å². The van der Waals surface area contributed by atoms with E-state index in [1.165, 1.54) is 32.1 Å². The molecule has 1 aliphatic carbocycles. The van der Waals surface area contributed by atoms with E-state index in [0.29, 0.717) is 6.04 Å². The second-order valence-electron chi connectivity index (χ2n) is 9.09. The summed E-state index contributed by atoms with van der Waals surface area (Å²) in [7, 11) is 0. The van der Waals surface area contributed by atoms with Crippen molar-refractivity contribution >= 4 is 6.09 Å². The average molecular weight is 339 g/mol. The molecule has 1 N–H and O–H groups in total. The summed E-state index contributed by atoms with van der Waals surface area (Å²) in [5.74, 6) is 1.71. The summed E-state index contributed by atoms with van der Waals surface area (Å²) in [6.07, 6.45) is 8.50. The molecule has 1 saturated heterocycles. The van der Waals surface area contributed by atoms with Crippen molar-refractivity contribution < 1.29 is 9.53 Å². The molecule has 0 unspecified atom stereocenters. The second kappa shape index (κ2) is 8.55. The molecule has 1 saturated carbocycles. The maximum Gasteiger partial charge on any atom is 0.410 e. The van der Waals surface area contributed by atoms with E-state index < -0.39 is 5.60 Å². The Morgan fingerprint density at radius 2 is 1.79 bits per heavy atom. The monoisotopic (exact) mass is 338 g/mol. The molecule has 0 aromatic carbocycles. The van der Waals surface area contributed by atoms with Gasteiger partial charge in [0.25, 0.3) is 0 Å². The van der Waals surface area contributed by atoms with E-state index in [1.807, 2.05) is 25.7 Å². The Labute approximate surface area is 148 Å². The molecule has 140 valence electrons. The van der Waals surface area contributed by atoms with Crippen LogP contribution in [0.1, 0.15) is 79.6 Å². The first-order chi connectivity index (χ1) is 11.3. The van der Waals surface area contributed by atoms with Crippen molar-refractivity contribution in [3.63, 3.8) is 0 Å². The number of hydrogen-bond donors (Lipinski definition) is 1. The molecule has 0 spiro atoms. The number of nitrogens with zero attached hydrogens (tertiary/aromatic N) is 1. The van der Waals surface area contributed by atoms with E-state index >= 15 is 0 Å². The highest BCUT2D eigenvalue weighted by Crippen LogP contribution is 2.30. The van der Waals surface area contributed by atoms with E-state index in [9.17, 15) is 4.79 Å². The van der Waals surface area contributed by atoms with Gasteiger partial charge in [-0.15, -0.1) is 0 Å². The standard InChI is InChI=1S/C20H38N2O2/c1-15(2)16-9-11-17(12-10-16)21-14-18-8-6-7-13-22(18)19(23)24-20(3,4)5/h15-18,21H,6-14H2,1-5H3/t16-,17-,18-/m1/s1. The van der Waals surface area contributed by atoms with Crippen LogP contribution in [0.2, 0.25) is 0 Å². The van der Waals surface area contributed by atoms with Crippen molar-refractivity contribution in [3.05, 3.63) is 0 Å². The minimum absolute atomic E-state index is 0.141. The van der Waals surface area contributed by atoms with E-state index in [-0.39, 0.29) is 12.1 Å². The minimum Gasteiger partial charge on any atom is -0.444 e. The summed E-state index contributed by atoms with van der Waals surface area (Å²) in [5, 5.41) is 3.75. The van der Waals surface area contributed by atoms with Gasteiger partial charge in [-0.2, -0.15) is 0 Å². The number of carbonyl (C=O) groups is 1. The Morgan fingerprint density at radius 3 is 2.38 bits per heavy atom. The summed E-state index contributed by atoms with van der Waals surface area (Å²) in [6, 6.07) is 0.916. The van der Waals surface area contributed by atoms with Crippen molar-refractivity contribution in [2.24, 2.45) is 11.8 Å². The maximum absolute atomic E-state index is 12.5. The lowest BCUT2D eigenvalue weighted by atomic mass is 9.79. The van der Waals surface area contributed by atoms with Gasteiger partial charge < -0.3 is 15.0 Å². The van der Waals surface area contributed by atoms with Crippen molar-refractivity contribution in [1.29, 1.82) is 0 Å². The fraction of sp³-hybridized carbons (Fsp3) is 0.950. The van der Waals surface area contributed by atoms with Crippen LogP contribution in [0.5, 0.6) is 0 Å². The molecule has 0 bridgehead atoms. The summed E-state index contributed by atoms with van der Waals surface area (Å²) in [4.78, 5) is 14.4. The molecule has 1 aliphatic heterocycles. The van der Waals surface area contributed by atoms with Crippen LogP contribution in [0.15, 0.2) is 0 Å². The fourth-order valence-electron chi connectivity index (χ4n) is 4.07. The van der Waals surface area contributed by atoms with Crippen LogP contribution in [0, 0.1) is 11.8 Å². The third kappa shape index (κ3) is 5.94. The molecule has 24 heavy (non-hydrogen) atoms. The predicted octanol–water partition coefficient (Wildman–Crippen LogP) is 4.58. The van der Waals surface area contributed by atoms with E-state index in [0.717, 1.165) is 37.8 Å². The van der Waals surface area contributed by atoms with Gasteiger partial charge in [0.05, 0.1) is 0 Å². The Hall–Kier alpha value is -0.770. The van der Waals surface area contributed by atoms with Gasteiger partial charge in [0.2, 0.25) is 0 Å². The highest BCUT2D eigenvalue weighted by Gasteiger charge is 2.31. The lowest BCUT2D eigenvalue weighted by Gasteiger charge is -2.38. The van der Waals surface area contributed by atoms with Crippen LogP contribution in [-0.4, -0.2) is 41.8 Å². The molecule has 0 radical (unpaired) electrons. The Morgan fingerprint density at radius 1 is 1.12 bits per heavy atom. The zero-order valence-electron chi connectivity index (χ0n) is 16.4. The van der Waals surface area contributed by atoms with Crippen LogP contribution >= 0.6 is 0 Å². The van der Waals surface area contributed by atoms with Crippen LogP contribution in [0.25, 0.3) is 0 Å². The normalized spacial score (nSPS) is 28.9. The predicted molar refractivity (Wildman–Crippen MR) is 99.2 cm³/mol. The number of rotatable bonds is 4. The molecule has 0 aromatic heterocycles. The zero-order chi connectivity index (χ0) is 17.7. The zero-order valence-corrected chi connectivity index (χ0v) is 16.4. The van der Waals surface area contributed by atoms with Crippen molar-refractivity contribution in [1.82, 2.24) is 10.2 Å². The van der Waals surface area contributed by atoms with Gasteiger partial charge in [-0.3, -0.25) is 0 Å². The number of likely N-dealkylation sites (tertiary alicyclic amines) is 1. The van der Waals surface area contributed by atoms with Gasteiger partial charge in [0, 0.05) is 25.2 Å². The van der Waals surface area contributed by atoms with E-state index in [2.05, 4.69) is 19.2 Å². The SMILES string of the molecule is CC(C)[C@H]1CC[C@H](NC[C@H]2CCCCN2C(=O)OC(C)(C)C)CC1. The van der Waals surface area contributed by atoms with Crippen molar-refractivity contribution in [2.75, 3.05) is 13.1 Å². The number of piperidine rings is 1. The molecular weight excluding hydrogens is 300 g/mol. The Bertz CT molecular complexity index is 395. The number of hydrogen-bond acceptors (Lipinski definition) is 3. The first kappa shape index (κ1) is 19.6. The topological polar surface area (TPSA) is 41.6 Å². The van der Waals surface area contributed by atoms with Crippen molar-refractivity contribution in [3.8, 4) is 0 Å². The van der Waals surface area contributed by atoms with Gasteiger partial charge in [0.15, 0.2) is 0 Å². The third-order valence-electron chi connectivity index (χ3n) is 5.61. The highest BCUT2D eigenvalue weighted by atomic mass is 16.6. The Kier molecular flexibility index (Phi) is 6.97. The lowest BCUT2D eigenvalue weighted by Crippen LogP contribution is -2.51. The molecule has 2 fully saturated rings. The van der Waals surface area contributed by atoms with Gasteiger partial charge >= 0.3 is 6.09 Å². The third-order valence-corrected chi connectivity index (χ3v) is 5.61. The Balaban J connectivity index is 1.80. The maximum atomic E-state index is 12.5. The van der Waals surface area contributed by atoms with Gasteiger partial charge in [-0.25, -0.2) is 4.79 Å². The molecule has 1 amide bonds. The number of ether oxygens (including phenoxy) is 1. The number of nitrogens with one attached hydrogen (secondary N) is 1. The second-order valence-corrected chi connectivity index (χ2v) is 9.09. The molecule has 2 rings (SSSR count). The molecule has 2 aliphatic rings. The van der Waals surface area contributed by atoms with Gasteiger partial charge in [0.1, 0.15) is 5.60 Å². The lowest BCUT2D eigenvalue weighted by molar-refractivity contribution is 0.00942. The van der Waals surface area contributed by atoms with E-state index in [1.54, 1.807) is 0 Å². The molecule has 1 atom stereocenters. The van der Waals surface area contributed by atoms with Crippen LogP contribution in [0.3, 0.4) is 0 Å². The van der Waals surface area contributed by atoms with Crippen molar-refractivity contribution in [2.45, 2.75) is 97.2 Å². The van der Waals surface area contributed by atoms with Gasteiger partial charge in [-0.1, -0.05) is 13.8 Å². The van der Waals surface area contributed by atoms with Crippen LogP contribution < -0.4 is 5.32 Å².